The zero-order chi connectivity index (χ0) is 19.4. The van der Waals surface area contributed by atoms with Crippen LogP contribution in [0.1, 0.15) is 26.1 Å². The summed E-state index contributed by atoms with van der Waals surface area (Å²) in [5.41, 5.74) is 1.17. The molecule has 2 aromatic rings. The number of thioether (sulfide) groups is 1. The summed E-state index contributed by atoms with van der Waals surface area (Å²) in [6.07, 6.45) is 3.05. The number of hydrogen-bond acceptors (Lipinski definition) is 6. The van der Waals surface area contributed by atoms with Crippen molar-refractivity contribution in [3.63, 3.8) is 0 Å². The van der Waals surface area contributed by atoms with Gasteiger partial charge in [-0.3, -0.25) is 9.89 Å². The van der Waals surface area contributed by atoms with Crippen LogP contribution in [-0.4, -0.2) is 37.9 Å². The molecule has 1 aromatic heterocycles. The lowest BCUT2D eigenvalue weighted by Crippen LogP contribution is -2.26. The molecule has 0 saturated carbocycles. The number of hydrogen-bond donors (Lipinski definition) is 2. The molecule has 0 saturated heterocycles. The van der Waals surface area contributed by atoms with Gasteiger partial charge in [-0.1, -0.05) is 25.1 Å². The molecule has 0 bridgehead atoms. The van der Waals surface area contributed by atoms with Crippen LogP contribution in [-0.2, 0) is 16.0 Å². The highest BCUT2D eigenvalue weighted by Gasteiger charge is 2.34. The van der Waals surface area contributed by atoms with Gasteiger partial charge in [0.2, 0.25) is 5.16 Å². The highest BCUT2D eigenvalue weighted by molar-refractivity contribution is 8.03. The minimum atomic E-state index is -1.14. The standard InChI is InChI=1S/C18H19N5O3S/c1-3-7-15-19-18(21-20-15)27-14(17(25)26)10-13-11(2)22-23(16(13)24)12-8-5-4-6-9-12/h4-6,8-10,13H,3,7H2,1-2H3,(H,25,26)(H,19,20,21)/b14-10+/t13-/m0/s1. The van der Waals surface area contributed by atoms with Crippen molar-refractivity contribution in [1.82, 2.24) is 15.2 Å². The van der Waals surface area contributed by atoms with Gasteiger partial charge < -0.3 is 5.11 Å². The summed E-state index contributed by atoms with van der Waals surface area (Å²) >= 11 is 0.914. The molecule has 0 fully saturated rings. The first-order chi connectivity index (χ1) is 13.0. The van der Waals surface area contributed by atoms with Gasteiger partial charge in [0.15, 0.2) is 0 Å². The Balaban J connectivity index is 1.82. The second-order valence-corrected chi connectivity index (χ2v) is 6.97. The Morgan fingerprint density at radius 3 is 2.78 bits per heavy atom. The van der Waals surface area contributed by atoms with Crippen molar-refractivity contribution in [2.45, 2.75) is 31.8 Å². The van der Waals surface area contributed by atoms with E-state index in [0.29, 0.717) is 22.4 Å². The third-order valence-corrected chi connectivity index (χ3v) is 4.81. The molecule has 1 aromatic carbocycles. The number of benzene rings is 1. The third-order valence-electron chi connectivity index (χ3n) is 3.91. The second kappa shape index (κ2) is 8.17. The zero-order valence-corrected chi connectivity index (χ0v) is 15.7. The van der Waals surface area contributed by atoms with E-state index in [0.717, 1.165) is 24.6 Å². The van der Waals surface area contributed by atoms with Gasteiger partial charge in [-0.25, -0.2) is 9.78 Å². The fourth-order valence-electron chi connectivity index (χ4n) is 2.60. The van der Waals surface area contributed by atoms with E-state index in [9.17, 15) is 14.7 Å². The van der Waals surface area contributed by atoms with Gasteiger partial charge in [0, 0.05) is 6.42 Å². The highest BCUT2D eigenvalue weighted by atomic mass is 32.2. The molecule has 140 valence electrons. The third kappa shape index (κ3) is 4.25. The number of anilines is 1. The van der Waals surface area contributed by atoms with Gasteiger partial charge in [-0.15, -0.1) is 5.10 Å². The Hall–Kier alpha value is -2.94. The zero-order valence-electron chi connectivity index (χ0n) is 14.9. The molecule has 0 unspecified atom stereocenters. The summed E-state index contributed by atoms with van der Waals surface area (Å²) in [6.45, 7) is 3.72. The number of hydrazone groups is 1. The molecule has 3 rings (SSSR count). The number of para-hydroxylation sites is 1. The van der Waals surface area contributed by atoms with E-state index < -0.39 is 11.9 Å². The number of H-pyrrole nitrogens is 1. The minimum absolute atomic E-state index is 0.0140. The molecule has 2 N–H and O–H groups in total. The van der Waals surface area contributed by atoms with Crippen molar-refractivity contribution in [1.29, 1.82) is 0 Å². The average Bonchev–Trinajstić information content (AvgIpc) is 3.21. The van der Waals surface area contributed by atoms with E-state index in [1.807, 2.05) is 25.1 Å². The summed E-state index contributed by atoms with van der Waals surface area (Å²) in [4.78, 5) is 28.7. The molecule has 1 amide bonds. The smallest absolute Gasteiger partial charge is 0.342 e. The molecule has 1 aliphatic rings. The van der Waals surface area contributed by atoms with E-state index in [2.05, 4.69) is 20.3 Å². The molecule has 2 heterocycles. The second-order valence-electron chi connectivity index (χ2n) is 5.96. The molecule has 0 radical (unpaired) electrons. The normalized spacial score (nSPS) is 17.3. The lowest BCUT2D eigenvalue weighted by atomic mass is 10.0. The number of aromatic amines is 1. The van der Waals surface area contributed by atoms with Gasteiger partial charge in [0.25, 0.3) is 5.91 Å². The van der Waals surface area contributed by atoms with Crippen LogP contribution in [0.2, 0.25) is 0 Å². The average molecular weight is 385 g/mol. The number of aromatic nitrogens is 3. The number of carbonyl (C=O) groups excluding carboxylic acids is 1. The van der Waals surface area contributed by atoms with Crippen molar-refractivity contribution in [3.8, 4) is 0 Å². The van der Waals surface area contributed by atoms with Crippen LogP contribution in [0, 0.1) is 5.92 Å². The number of carbonyl (C=O) groups is 2. The maximum atomic E-state index is 12.7. The molecule has 9 heteroatoms. The summed E-state index contributed by atoms with van der Waals surface area (Å²) in [5.74, 6) is -1.46. The van der Waals surface area contributed by atoms with Crippen molar-refractivity contribution in [2.24, 2.45) is 11.0 Å². The molecular formula is C18H19N5O3S. The number of rotatable bonds is 7. The first-order valence-electron chi connectivity index (χ1n) is 8.48. The Kier molecular flexibility index (Phi) is 5.70. The van der Waals surface area contributed by atoms with Gasteiger partial charge in [-0.2, -0.15) is 10.1 Å². The van der Waals surface area contributed by atoms with E-state index in [1.54, 1.807) is 19.1 Å². The number of nitrogens with zero attached hydrogens (tertiary/aromatic N) is 4. The SMILES string of the molecule is CCCc1nc(S/C(=C/[C@@H]2C(=O)N(c3ccccc3)N=C2C)C(=O)O)n[nH]1. The Labute approximate surface area is 160 Å². The van der Waals surface area contributed by atoms with Gasteiger partial charge in [0.05, 0.1) is 22.2 Å². The van der Waals surface area contributed by atoms with Crippen LogP contribution in [0.15, 0.2) is 51.6 Å². The number of amides is 1. The van der Waals surface area contributed by atoms with E-state index in [1.165, 1.54) is 11.1 Å². The Bertz CT molecular complexity index is 907. The predicted octanol–water partition coefficient (Wildman–Crippen LogP) is 2.86. The number of carboxylic acids is 1. The topological polar surface area (TPSA) is 112 Å². The number of aryl methyl sites for hydroxylation is 1. The highest BCUT2D eigenvalue weighted by Crippen LogP contribution is 2.29. The first kappa shape index (κ1) is 18.8. The lowest BCUT2D eigenvalue weighted by Gasteiger charge is -2.12. The van der Waals surface area contributed by atoms with Crippen LogP contribution in [0.4, 0.5) is 5.69 Å². The summed E-state index contributed by atoms with van der Waals surface area (Å²) in [7, 11) is 0. The molecule has 1 atom stereocenters. The summed E-state index contributed by atoms with van der Waals surface area (Å²) in [5, 5.41) is 22.3. The van der Waals surface area contributed by atoms with Crippen LogP contribution in [0.5, 0.6) is 0 Å². The molecule has 27 heavy (non-hydrogen) atoms. The van der Waals surface area contributed by atoms with Crippen LogP contribution < -0.4 is 5.01 Å². The number of nitrogens with one attached hydrogen (secondary N) is 1. The monoisotopic (exact) mass is 385 g/mol. The van der Waals surface area contributed by atoms with Crippen LogP contribution in [0.3, 0.4) is 0 Å². The molecule has 8 nitrogen and oxygen atoms in total. The maximum Gasteiger partial charge on any atom is 0.342 e. The first-order valence-corrected chi connectivity index (χ1v) is 9.29. The summed E-state index contributed by atoms with van der Waals surface area (Å²) in [6, 6.07) is 9.02. The maximum absolute atomic E-state index is 12.7. The molecular weight excluding hydrogens is 366 g/mol. The van der Waals surface area contributed by atoms with Gasteiger partial charge >= 0.3 is 5.97 Å². The van der Waals surface area contributed by atoms with Crippen molar-refractivity contribution >= 4 is 35.0 Å². The Morgan fingerprint density at radius 2 is 2.11 bits per heavy atom. The van der Waals surface area contributed by atoms with E-state index in [4.69, 9.17) is 0 Å². The number of carboxylic acid groups (broad SMARTS) is 1. The van der Waals surface area contributed by atoms with E-state index >= 15 is 0 Å². The Morgan fingerprint density at radius 1 is 1.37 bits per heavy atom. The van der Waals surface area contributed by atoms with Crippen LogP contribution in [0.25, 0.3) is 0 Å². The van der Waals surface area contributed by atoms with Gasteiger partial charge in [0.1, 0.15) is 5.82 Å². The van der Waals surface area contributed by atoms with Crippen LogP contribution >= 0.6 is 11.8 Å². The van der Waals surface area contributed by atoms with Crippen molar-refractivity contribution in [2.75, 3.05) is 5.01 Å². The molecule has 1 aliphatic heterocycles. The summed E-state index contributed by atoms with van der Waals surface area (Å²) < 4.78 is 0. The molecule has 0 spiro atoms. The predicted molar refractivity (Wildman–Crippen MR) is 102 cm³/mol. The fraction of sp³-hybridized carbons (Fsp3) is 0.278. The largest absolute Gasteiger partial charge is 0.477 e. The van der Waals surface area contributed by atoms with Gasteiger partial charge in [-0.05, 0) is 43.3 Å². The molecule has 0 aliphatic carbocycles. The fourth-order valence-corrected chi connectivity index (χ4v) is 3.33. The van der Waals surface area contributed by atoms with E-state index in [-0.39, 0.29) is 10.8 Å². The lowest BCUT2D eigenvalue weighted by molar-refractivity contribution is -0.131. The quantitative estimate of drug-likeness (QED) is 0.560. The van der Waals surface area contributed by atoms with Crippen molar-refractivity contribution in [3.05, 3.63) is 47.1 Å². The van der Waals surface area contributed by atoms with Crippen molar-refractivity contribution < 1.29 is 14.7 Å². The number of aliphatic carboxylic acids is 1. The minimum Gasteiger partial charge on any atom is -0.477 e.